The van der Waals surface area contributed by atoms with Crippen molar-refractivity contribution in [2.75, 3.05) is 19.0 Å². The van der Waals surface area contributed by atoms with E-state index >= 15 is 0 Å². The Labute approximate surface area is 257 Å². The minimum absolute atomic E-state index is 0.0965. The molecule has 1 N–H and O–H groups in total. The van der Waals surface area contributed by atoms with E-state index in [-0.39, 0.29) is 5.91 Å². The Morgan fingerprint density at radius 3 is 2.33 bits per heavy atom. The van der Waals surface area contributed by atoms with Gasteiger partial charge in [0.2, 0.25) is 5.91 Å². The molecule has 234 valence electrons. The Kier molecular flexibility index (Phi) is 19.1. The van der Waals surface area contributed by atoms with Crippen molar-refractivity contribution in [3.05, 3.63) is 64.6 Å². The highest BCUT2D eigenvalue weighted by atomic mass is 16.3. The molecule has 0 saturated carbocycles. The number of benzene rings is 1. The van der Waals surface area contributed by atoms with Crippen LogP contribution in [0.25, 0.3) is 0 Å². The number of aryl methyl sites for hydroxylation is 1. The van der Waals surface area contributed by atoms with E-state index in [0.29, 0.717) is 23.7 Å². The molecule has 0 spiro atoms. The summed E-state index contributed by atoms with van der Waals surface area (Å²) in [5, 5.41) is 19.3. The molecule has 1 atom stereocenters. The first-order chi connectivity index (χ1) is 19.8. The van der Waals surface area contributed by atoms with Gasteiger partial charge in [0.25, 0.3) is 0 Å². The van der Waals surface area contributed by atoms with Crippen molar-refractivity contribution in [1.29, 1.82) is 5.26 Å². The summed E-state index contributed by atoms with van der Waals surface area (Å²) in [5.74, 6) is 1.14. The Morgan fingerprint density at radius 2 is 1.83 bits per heavy atom. The number of rotatable bonds is 15. The zero-order valence-corrected chi connectivity index (χ0v) is 28.4. The van der Waals surface area contributed by atoms with Crippen molar-refractivity contribution in [2.24, 2.45) is 10.9 Å². The number of hydrogen-bond donors (Lipinski definition) is 1. The van der Waals surface area contributed by atoms with Gasteiger partial charge in [0, 0.05) is 38.0 Å². The first kappa shape index (κ1) is 38.8. The SMILES string of the molecule is CCC/C=C/N(C)c1cc(C#N)ccc1C.C\C=C(/N=C\C(=C(/C)CC)C(C)(C)O)N(C)C(=O)CC(CC)CCCC. The molecule has 0 aromatic heterocycles. The zero-order chi connectivity index (χ0) is 32.3. The molecule has 6 nitrogen and oxygen atoms in total. The highest BCUT2D eigenvalue weighted by Gasteiger charge is 2.21. The Hall–Kier alpha value is -3.17. The lowest BCUT2D eigenvalue weighted by atomic mass is 9.93. The van der Waals surface area contributed by atoms with Gasteiger partial charge in [-0.3, -0.25) is 4.79 Å². The number of anilines is 1. The number of carbonyl (C=O) groups is 1. The summed E-state index contributed by atoms with van der Waals surface area (Å²) in [6, 6.07) is 7.92. The highest BCUT2D eigenvalue weighted by Crippen LogP contribution is 2.23. The molecule has 1 amide bonds. The van der Waals surface area contributed by atoms with Crippen molar-refractivity contribution < 1.29 is 9.90 Å². The maximum Gasteiger partial charge on any atom is 0.228 e. The molecular weight excluding hydrogens is 520 g/mol. The van der Waals surface area contributed by atoms with Crippen LogP contribution in [0.15, 0.2) is 58.5 Å². The number of nitriles is 1. The Balaban J connectivity index is 0.000000893. The molecule has 0 bridgehead atoms. The van der Waals surface area contributed by atoms with Crippen LogP contribution in [0.3, 0.4) is 0 Å². The molecule has 1 rings (SSSR count). The maximum atomic E-state index is 12.7. The first-order valence-corrected chi connectivity index (χ1v) is 15.6. The lowest BCUT2D eigenvalue weighted by molar-refractivity contribution is -0.129. The van der Waals surface area contributed by atoms with Crippen molar-refractivity contribution in [1.82, 2.24) is 4.90 Å². The normalized spacial score (nSPS) is 13.4. The topological polar surface area (TPSA) is 79.9 Å². The second-order valence-corrected chi connectivity index (χ2v) is 11.5. The van der Waals surface area contributed by atoms with Crippen LogP contribution in [0.1, 0.15) is 118 Å². The molecule has 6 heteroatoms. The van der Waals surface area contributed by atoms with Gasteiger partial charge in [-0.25, -0.2) is 4.99 Å². The largest absolute Gasteiger partial charge is 0.386 e. The average Bonchev–Trinajstić information content (AvgIpc) is 2.96. The van der Waals surface area contributed by atoms with Crippen molar-refractivity contribution in [2.45, 2.75) is 119 Å². The number of hydrogen-bond acceptors (Lipinski definition) is 5. The van der Waals surface area contributed by atoms with E-state index in [2.05, 4.69) is 62.9 Å². The number of allylic oxidation sites excluding steroid dienone is 3. The summed E-state index contributed by atoms with van der Waals surface area (Å²) in [5.41, 5.74) is 3.91. The number of aliphatic imine (C=N–C) groups is 1. The van der Waals surface area contributed by atoms with E-state index in [4.69, 9.17) is 5.26 Å². The van der Waals surface area contributed by atoms with E-state index in [0.717, 1.165) is 55.4 Å². The minimum Gasteiger partial charge on any atom is -0.386 e. The standard InChI is InChI=1S/C22H40N2O2.C14H18N2/c1-9-13-14-18(11-3)15-21(25)24(8)20(12-4)23-16-19(17(5)10-2)22(6,7)26;1-4-5-6-9-16(3)14-10-13(11-15)8-7-12(14)2/h12,16,18,26H,9-11,13-15H2,1-8H3;6-10H,4-5H2,1-3H3/b19-17-,20-12+,23-16-;9-6+. The summed E-state index contributed by atoms with van der Waals surface area (Å²) in [7, 11) is 3.79. The van der Waals surface area contributed by atoms with Crippen LogP contribution in [0.2, 0.25) is 0 Å². The van der Waals surface area contributed by atoms with E-state index in [1.54, 1.807) is 32.0 Å². The Bertz CT molecular complexity index is 1120. The second kappa shape index (κ2) is 20.7. The summed E-state index contributed by atoms with van der Waals surface area (Å²) in [6.07, 6.45) is 15.8. The summed E-state index contributed by atoms with van der Waals surface area (Å²) >= 11 is 0. The van der Waals surface area contributed by atoms with Gasteiger partial charge in [0.1, 0.15) is 5.82 Å². The van der Waals surface area contributed by atoms with E-state index < -0.39 is 5.60 Å². The van der Waals surface area contributed by atoms with Crippen molar-refractivity contribution >= 4 is 17.8 Å². The van der Waals surface area contributed by atoms with Crippen LogP contribution >= 0.6 is 0 Å². The summed E-state index contributed by atoms with van der Waals surface area (Å²) in [4.78, 5) is 20.9. The zero-order valence-electron chi connectivity index (χ0n) is 28.4. The van der Waals surface area contributed by atoms with Crippen LogP contribution in [0, 0.1) is 24.2 Å². The van der Waals surface area contributed by atoms with Gasteiger partial charge in [-0.05, 0) is 89.8 Å². The maximum absolute atomic E-state index is 12.7. The Morgan fingerprint density at radius 1 is 1.17 bits per heavy atom. The predicted octanol–water partition coefficient (Wildman–Crippen LogP) is 9.10. The van der Waals surface area contributed by atoms with E-state index in [9.17, 15) is 9.90 Å². The van der Waals surface area contributed by atoms with Crippen LogP contribution in [-0.2, 0) is 4.79 Å². The molecule has 0 radical (unpaired) electrons. The van der Waals surface area contributed by atoms with Gasteiger partial charge >= 0.3 is 0 Å². The minimum atomic E-state index is -0.960. The third-order valence-corrected chi connectivity index (χ3v) is 7.46. The van der Waals surface area contributed by atoms with E-state index in [1.165, 1.54) is 12.0 Å². The fourth-order valence-electron chi connectivity index (χ4n) is 4.46. The molecule has 0 aliphatic heterocycles. The van der Waals surface area contributed by atoms with Crippen LogP contribution in [-0.4, -0.2) is 41.8 Å². The van der Waals surface area contributed by atoms with E-state index in [1.807, 2.05) is 45.2 Å². The van der Waals surface area contributed by atoms with Gasteiger partial charge in [-0.1, -0.05) is 71.1 Å². The van der Waals surface area contributed by atoms with Gasteiger partial charge in [-0.15, -0.1) is 0 Å². The van der Waals surface area contributed by atoms with Crippen molar-refractivity contribution in [3.63, 3.8) is 0 Å². The number of nitrogens with zero attached hydrogens (tertiary/aromatic N) is 4. The monoisotopic (exact) mass is 578 g/mol. The number of carbonyl (C=O) groups excluding carboxylic acids is 1. The molecule has 42 heavy (non-hydrogen) atoms. The lowest BCUT2D eigenvalue weighted by Gasteiger charge is -2.23. The molecule has 1 aromatic rings. The fraction of sp³-hybridized carbons (Fsp3) is 0.583. The molecule has 1 unspecified atom stereocenters. The summed E-state index contributed by atoms with van der Waals surface area (Å²) < 4.78 is 0. The molecule has 0 aliphatic carbocycles. The second-order valence-electron chi connectivity index (χ2n) is 11.5. The smallest absolute Gasteiger partial charge is 0.228 e. The van der Waals surface area contributed by atoms with Gasteiger partial charge in [0.15, 0.2) is 0 Å². The third-order valence-electron chi connectivity index (χ3n) is 7.46. The number of aliphatic hydroxyl groups is 1. The molecule has 1 aromatic carbocycles. The molecule has 0 saturated heterocycles. The fourth-order valence-corrected chi connectivity index (χ4v) is 4.46. The van der Waals surface area contributed by atoms with Gasteiger partial charge in [0.05, 0.1) is 17.2 Å². The van der Waals surface area contributed by atoms with Crippen molar-refractivity contribution in [3.8, 4) is 6.07 Å². The first-order valence-electron chi connectivity index (χ1n) is 15.6. The van der Waals surface area contributed by atoms with Gasteiger partial charge < -0.3 is 14.9 Å². The average molecular weight is 579 g/mol. The third kappa shape index (κ3) is 14.1. The number of amides is 1. The van der Waals surface area contributed by atoms with Crippen LogP contribution in [0.5, 0.6) is 0 Å². The predicted molar refractivity (Wildman–Crippen MR) is 181 cm³/mol. The molecule has 0 heterocycles. The molecular formula is C36H58N4O2. The molecule has 0 fully saturated rings. The lowest BCUT2D eigenvalue weighted by Crippen LogP contribution is -2.28. The number of unbranched alkanes of at least 4 members (excludes halogenated alkanes) is 2. The van der Waals surface area contributed by atoms with Gasteiger partial charge in [-0.2, -0.15) is 5.26 Å². The van der Waals surface area contributed by atoms with Crippen LogP contribution < -0.4 is 4.90 Å². The summed E-state index contributed by atoms with van der Waals surface area (Å²) in [6.45, 7) is 18.0. The highest BCUT2D eigenvalue weighted by molar-refractivity contribution is 5.84. The van der Waals surface area contributed by atoms with Crippen LogP contribution in [0.4, 0.5) is 5.69 Å². The molecule has 0 aliphatic rings. The quantitative estimate of drug-likeness (QED) is 0.211.